The number of nitrogens with one attached hydrogen (secondary N) is 1. The monoisotopic (exact) mass is 543 g/mol. The number of alkyl halides is 1. The fourth-order valence-electron chi connectivity index (χ4n) is 7.98. The van der Waals surface area contributed by atoms with E-state index in [1.54, 1.807) is 6.07 Å². The third-order valence-corrected chi connectivity index (χ3v) is 9.90. The number of halogens is 2. The maximum atomic E-state index is 14.5. The van der Waals surface area contributed by atoms with Crippen molar-refractivity contribution in [1.29, 1.82) is 0 Å². The Balaban J connectivity index is 0.00000135. The Morgan fingerprint density at radius 2 is 1.34 bits per heavy atom. The van der Waals surface area contributed by atoms with E-state index in [1.165, 1.54) is 93.5 Å². The van der Waals surface area contributed by atoms with Gasteiger partial charge in [-0.3, -0.25) is 4.39 Å². The number of benzene rings is 5. The van der Waals surface area contributed by atoms with E-state index >= 15 is 0 Å². The highest BCUT2D eigenvalue weighted by molar-refractivity contribution is 6.03. The van der Waals surface area contributed by atoms with Crippen LogP contribution in [-0.2, 0) is 10.8 Å². The summed E-state index contributed by atoms with van der Waals surface area (Å²) in [5.74, 6) is -0.224. The van der Waals surface area contributed by atoms with Gasteiger partial charge in [-0.2, -0.15) is 0 Å². The minimum atomic E-state index is -0.224. The quantitative estimate of drug-likeness (QED) is 0.233. The van der Waals surface area contributed by atoms with Crippen LogP contribution in [-0.4, -0.2) is 7.18 Å². The summed E-state index contributed by atoms with van der Waals surface area (Å²) in [6.45, 7) is 4.76. The van der Waals surface area contributed by atoms with Gasteiger partial charge in [0.15, 0.2) is 0 Å². The van der Waals surface area contributed by atoms with E-state index in [-0.39, 0.29) is 16.6 Å². The molecule has 1 N–H and O–H groups in total. The van der Waals surface area contributed by atoms with Crippen LogP contribution in [0.5, 0.6) is 0 Å². The van der Waals surface area contributed by atoms with Crippen molar-refractivity contribution < 1.29 is 8.78 Å². The predicted octanol–water partition coefficient (Wildman–Crippen LogP) is 10.8. The Kier molecular flexibility index (Phi) is 6.04. The maximum Gasteiger partial charge on any atom is 0.146 e. The van der Waals surface area contributed by atoms with Gasteiger partial charge in [0.25, 0.3) is 0 Å². The molecule has 5 aromatic carbocycles. The maximum absolute atomic E-state index is 14.5. The van der Waals surface area contributed by atoms with Gasteiger partial charge in [-0.05, 0) is 105 Å². The molecule has 8 rings (SSSR count). The van der Waals surface area contributed by atoms with E-state index < -0.39 is 0 Å². The zero-order valence-corrected chi connectivity index (χ0v) is 24.0. The highest BCUT2D eigenvalue weighted by Gasteiger charge is 2.46. The van der Waals surface area contributed by atoms with Crippen molar-refractivity contribution >= 4 is 22.1 Å². The predicted molar refractivity (Wildman–Crippen MR) is 168 cm³/mol. The first-order valence-electron chi connectivity index (χ1n) is 14.7. The van der Waals surface area contributed by atoms with E-state index in [4.69, 9.17) is 0 Å². The second kappa shape index (κ2) is 9.55. The van der Waals surface area contributed by atoms with Crippen LogP contribution >= 0.6 is 0 Å². The standard InChI is InChI=1S/C37H32FN.CH3F/c1-36(2)29-17-14-23-10-4-5-11-25(23)35(29)28-22-32-27(21-30(28)36)26-16-15-24(39-34-13-7-6-12-33(34)38)20-31(26)37(32)18-8-3-9-19-37;1-2/h4-7,10-17,20-22,39H,3,8-9,18-19H2,1-2H3;1H3. The third kappa shape index (κ3) is 3.71. The van der Waals surface area contributed by atoms with Crippen molar-refractivity contribution in [1.82, 2.24) is 0 Å². The molecule has 1 nitrogen and oxygen atoms in total. The molecule has 0 unspecified atom stereocenters. The van der Waals surface area contributed by atoms with Crippen molar-refractivity contribution in [3.05, 3.63) is 119 Å². The van der Waals surface area contributed by atoms with E-state index in [1.807, 2.05) is 12.1 Å². The Morgan fingerprint density at radius 1 is 0.634 bits per heavy atom. The normalized spacial score (nSPS) is 16.8. The lowest BCUT2D eigenvalue weighted by Crippen LogP contribution is -2.28. The first-order valence-corrected chi connectivity index (χ1v) is 14.7. The van der Waals surface area contributed by atoms with Crippen molar-refractivity contribution in [2.45, 2.75) is 56.8 Å². The van der Waals surface area contributed by atoms with Gasteiger partial charge in [-0.1, -0.05) is 87.7 Å². The second-order valence-corrected chi connectivity index (χ2v) is 12.3. The number of rotatable bonds is 2. The van der Waals surface area contributed by atoms with Crippen molar-refractivity contribution in [3.8, 4) is 22.3 Å². The SMILES string of the molecule is CC1(C)c2cc3c(cc2-c2c1ccc1ccccc21)C1(CCCCC1)c1cc(Nc2ccccc2F)ccc1-3.CF. The van der Waals surface area contributed by atoms with Crippen LogP contribution < -0.4 is 5.32 Å². The lowest BCUT2D eigenvalue weighted by molar-refractivity contribution is 0.353. The molecule has 0 saturated heterocycles. The summed E-state index contributed by atoms with van der Waals surface area (Å²) in [4.78, 5) is 0. The first kappa shape index (κ1) is 26.0. The molecule has 3 heteroatoms. The Morgan fingerprint density at radius 3 is 2.15 bits per heavy atom. The van der Waals surface area contributed by atoms with Crippen molar-refractivity contribution in [2.24, 2.45) is 0 Å². The molecular weight excluding hydrogens is 508 g/mol. The molecule has 0 amide bonds. The molecule has 1 fully saturated rings. The van der Waals surface area contributed by atoms with Crippen LogP contribution in [0.1, 0.15) is 68.2 Å². The molecule has 3 aliphatic carbocycles. The van der Waals surface area contributed by atoms with Crippen LogP contribution in [0.2, 0.25) is 0 Å². The summed E-state index contributed by atoms with van der Waals surface area (Å²) in [5.41, 5.74) is 12.8. The first-order chi connectivity index (χ1) is 20.0. The van der Waals surface area contributed by atoms with Gasteiger partial charge in [-0.25, -0.2) is 4.39 Å². The average molecular weight is 544 g/mol. The van der Waals surface area contributed by atoms with Crippen LogP contribution in [0.3, 0.4) is 0 Å². The number of fused-ring (bicyclic) bond motifs is 10. The molecule has 0 radical (unpaired) electrons. The smallest absolute Gasteiger partial charge is 0.146 e. The number of hydrogen-bond acceptors (Lipinski definition) is 1. The molecule has 206 valence electrons. The molecule has 1 saturated carbocycles. The molecule has 0 aliphatic heterocycles. The molecule has 0 bridgehead atoms. The fourth-order valence-corrected chi connectivity index (χ4v) is 7.98. The molecular formula is C38H35F2N. The Hall–Kier alpha value is -3.98. The highest BCUT2D eigenvalue weighted by Crippen LogP contribution is 2.60. The Bertz CT molecular complexity index is 1810. The van der Waals surface area contributed by atoms with Gasteiger partial charge >= 0.3 is 0 Å². The number of anilines is 2. The topological polar surface area (TPSA) is 12.0 Å². The average Bonchev–Trinajstić information content (AvgIpc) is 3.39. The van der Waals surface area contributed by atoms with Crippen LogP contribution in [0, 0.1) is 5.82 Å². The summed E-state index contributed by atoms with van der Waals surface area (Å²) < 4.78 is 24.0. The van der Waals surface area contributed by atoms with Crippen molar-refractivity contribution in [3.63, 3.8) is 0 Å². The zero-order valence-electron chi connectivity index (χ0n) is 24.0. The second-order valence-electron chi connectivity index (χ2n) is 12.3. The minimum absolute atomic E-state index is 0.0162. The molecule has 3 aliphatic rings. The molecule has 5 aromatic rings. The van der Waals surface area contributed by atoms with Gasteiger partial charge in [0.05, 0.1) is 12.9 Å². The molecule has 1 spiro atoms. The lowest BCUT2D eigenvalue weighted by atomic mass is 9.67. The summed E-state index contributed by atoms with van der Waals surface area (Å²) in [6, 6.07) is 32.2. The third-order valence-electron chi connectivity index (χ3n) is 9.90. The Labute approximate surface area is 241 Å². The minimum Gasteiger partial charge on any atom is -0.353 e. The highest BCUT2D eigenvalue weighted by atomic mass is 19.1. The molecule has 0 aromatic heterocycles. The molecule has 0 atom stereocenters. The number of para-hydroxylation sites is 1. The van der Waals surface area contributed by atoms with Gasteiger partial charge in [0.1, 0.15) is 5.82 Å². The number of hydrogen-bond donors (Lipinski definition) is 1. The summed E-state index contributed by atoms with van der Waals surface area (Å²) in [5, 5.41) is 6.03. The summed E-state index contributed by atoms with van der Waals surface area (Å²) in [6.07, 6.45) is 6.12. The van der Waals surface area contributed by atoms with Crippen LogP contribution in [0.25, 0.3) is 33.0 Å². The summed E-state index contributed by atoms with van der Waals surface area (Å²) >= 11 is 0. The zero-order chi connectivity index (χ0) is 28.4. The van der Waals surface area contributed by atoms with Gasteiger partial charge in [-0.15, -0.1) is 0 Å². The van der Waals surface area contributed by atoms with Gasteiger partial charge in [0.2, 0.25) is 0 Å². The van der Waals surface area contributed by atoms with E-state index in [9.17, 15) is 8.78 Å². The molecule has 0 heterocycles. The van der Waals surface area contributed by atoms with E-state index in [2.05, 4.69) is 85.9 Å². The van der Waals surface area contributed by atoms with E-state index in [0.29, 0.717) is 12.9 Å². The van der Waals surface area contributed by atoms with Crippen LogP contribution in [0.15, 0.2) is 91.0 Å². The van der Waals surface area contributed by atoms with E-state index in [0.717, 1.165) is 5.69 Å². The largest absolute Gasteiger partial charge is 0.353 e. The lowest BCUT2D eigenvalue weighted by Gasteiger charge is -2.36. The summed E-state index contributed by atoms with van der Waals surface area (Å²) in [7, 11) is 0.500. The van der Waals surface area contributed by atoms with Gasteiger partial charge in [0, 0.05) is 16.5 Å². The fraction of sp³-hybridized carbons (Fsp3) is 0.263. The van der Waals surface area contributed by atoms with Crippen LogP contribution in [0.4, 0.5) is 20.2 Å². The molecule has 41 heavy (non-hydrogen) atoms. The van der Waals surface area contributed by atoms with Crippen molar-refractivity contribution in [2.75, 3.05) is 12.5 Å². The van der Waals surface area contributed by atoms with Gasteiger partial charge < -0.3 is 5.32 Å².